The Morgan fingerprint density at radius 1 is 1.53 bits per heavy atom. The summed E-state index contributed by atoms with van der Waals surface area (Å²) >= 11 is 0. The average molecular weight is 232 g/mol. The van der Waals surface area contributed by atoms with E-state index in [1.165, 1.54) is 4.68 Å². The third-order valence-corrected chi connectivity index (χ3v) is 2.11. The number of hydrogen-bond acceptors (Lipinski definition) is 5. The quantitative estimate of drug-likeness (QED) is 0.799. The van der Waals surface area contributed by atoms with Crippen LogP contribution in [0.2, 0.25) is 0 Å². The lowest BCUT2D eigenvalue weighted by molar-refractivity contribution is 0.0525. The molecule has 0 unspecified atom stereocenters. The molecule has 0 amide bonds. The van der Waals surface area contributed by atoms with E-state index >= 15 is 0 Å². The molecule has 0 aliphatic rings. The third kappa shape index (κ3) is 2.25. The maximum atomic E-state index is 11.7. The molecule has 0 fully saturated rings. The first-order valence-corrected chi connectivity index (χ1v) is 5.16. The van der Waals surface area contributed by atoms with Crippen molar-refractivity contribution in [3.05, 3.63) is 36.2 Å². The molecule has 17 heavy (non-hydrogen) atoms. The van der Waals surface area contributed by atoms with Gasteiger partial charge in [0, 0.05) is 18.5 Å². The van der Waals surface area contributed by atoms with Crippen molar-refractivity contribution in [1.29, 1.82) is 0 Å². The molecule has 0 aliphatic carbocycles. The summed E-state index contributed by atoms with van der Waals surface area (Å²) in [5.41, 5.74) is 5.88. The predicted molar refractivity (Wildman–Crippen MR) is 61.7 cm³/mol. The molecule has 0 saturated carbocycles. The Morgan fingerprint density at radius 2 is 2.35 bits per heavy atom. The van der Waals surface area contributed by atoms with Crippen LogP contribution in [0.1, 0.15) is 17.3 Å². The van der Waals surface area contributed by atoms with Crippen LogP contribution in [0.15, 0.2) is 30.6 Å². The fourth-order valence-electron chi connectivity index (χ4n) is 1.40. The van der Waals surface area contributed by atoms with E-state index < -0.39 is 5.97 Å². The van der Waals surface area contributed by atoms with E-state index in [0.717, 1.165) is 0 Å². The summed E-state index contributed by atoms with van der Waals surface area (Å²) < 4.78 is 6.39. The van der Waals surface area contributed by atoms with Crippen LogP contribution in [0.3, 0.4) is 0 Å². The average Bonchev–Trinajstić information content (AvgIpc) is 2.76. The van der Waals surface area contributed by atoms with Gasteiger partial charge in [-0.2, -0.15) is 0 Å². The Morgan fingerprint density at radius 3 is 3.00 bits per heavy atom. The Balaban J connectivity index is 2.44. The van der Waals surface area contributed by atoms with Crippen molar-refractivity contribution < 1.29 is 9.53 Å². The fraction of sp³-hybridized carbons (Fsp3) is 0.182. The summed E-state index contributed by atoms with van der Waals surface area (Å²) in [6.07, 6.45) is 3.22. The number of carbonyl (C=O) groups excluding carboxylic acids is 1. The standard InChI is InChI=1S/C11H12N4O2/c1-2-17-11(16)8-4-3-6-13-10(8)15-7-5-9(12)14-15/h3-7H,2H2,1H3,(H2,12,14). The van der Waals surface area contributed by atoms with Gasteiger partial charge in [-0.1, -0.05) is 0 Å². The first kappa shape index (κ1) is 11.1. The number of nitrogens with two attached hydrogens (primary N) is 1. The van der Waals surface area contributed by atoms with Gasteiger partial charge >= 0.3 is 5.97 Å². The van der Waals surface area contributed by atoms with E-state index in [1.807, 2.05) is 0 Å². The lowest BCUT2D eigenvalue weighted by Gasteiger charge is -2.06. The van der Waals surface area contributed by atoms with Gasteiger partial charge in [0.25, 0.3) is 0 Å². The molecule has 2 heterocycles. The van der Waals surface area contributed by atoms with Crippen LogP contribution in [0.25, 0.3) is 5.82 Å². The van der Waals surface area contributed by atoms with E-state index in [4.69, 9.17) is 10.5 Å². The van der Waals surface area contributed by atoms with Crippen LogP contribution >= 0.6 is 0 Å². The zero-order valence-electron chi connectivity index (χ0n) is 9.33. The van der Waals surface area contributed by atoms with Gasteiger partial charge in [0.1, 0.15) is 11.4 Å². The molecule has 0 aromatic carbocycles. The number of nitrogens with zero attached hydrogens (tertiary/aromatic N) is 3. The highest BCUT2D eigenvalue weighted by Crippen LogP contribution is 2.12. The first-order valence-electron chi connectivity index (χ1n) is 5.16. The smallest absolute Gasteiger partial charge is 0.341 e. The zero-order valence-corrected chi connectivity index (χ0v) is 9.33. The molecule has 88 valence electrons. The Kier molecular flexibility index (Phi) is 3.04. The van der Waals surface area contributed by atoms with Gasteiger partial charge in [0.05, 0.1) is 6.61 Å². The molecular weight excluding hydrogens is 220 g/mol. The fourth-order valence-corrected chi connectivity index (χ4v) is 1.40. The van der Waals surface area contributed by atoms with Crippen molar-refractivity contribution in [1.82, 2.24) is 14.8 Å². The molecule has 0 saturated heterocycles. The van der Waals surface area contributed by atoms with Crippen LogP contribution < -0.4 is 5.73 Å². The van der Waals surface area contributed by atoms with Gasteiger partial charge < -0.3 is 10.5 Å². The Labute approximate surface area is 98.0 Å². The normalized spacial score (nSPS) is 10.2. The molecule has 2 aromatic heterocycles. The molecular formula is C11H12N4O2. The molecule has 0 aliphatic heterocycles. The Hall–Kier alpha value is -2.37. The van der Waals surface area contributed by atoms with E-state index in [-0.39, 0.29) is 0 Å². The van der Waals surface area contributed by atoms with E-state index in [0.29, 0.717) is 23.8 Å². The number of hydrogen-bond donors (Lipinski definition) is 1. The summed E-state index contributed by atoms with van der Waals surface area (Å²) in [7, 11) is 0. The van der Waals surface area contributed by atoms with Crippen LogP contribution in [-0.4, -0.2) is 27.3 Å². The van der Waals surface area contributed by atoms with Gasteiger partial charge in [0.2, 0.25) is 0 Å². The Bertz CT molecular complexity index is 536. The van der Waals surface area contributed by atoms with E-state index in [1.54, 1.807) is 37.5 Å². The summed E-state index contributed by atoms with van der Waals surface area (Å²) in [4.78, 5) is 15.8. The number of aromatic nitrogens is 3. The highest BCUT2D eigenvalue weighted by molar-refractivity contribution is 5.92. The molecule has 0 bridgehead atoms. The predicted octanol–water partition coefficient (Wildman–Crippen LogP) is 1.03. The van der Waals surface area contributed by atoms with Crippen molar-refractivity contribution in [3.63, 3.8) is 0 Å². The summed E-state index contributed by atoms with van der Waals surface area (Å²) in [5, 5.41) is 4.01. The molecule has 2 rings (SSSR count). The molecule has 6 heteroatoms. The van der Waals surface area contributed by atoms with Crippen molar-refractivity contribution in [3.8, 4) is 5.82 Å². The maximum absolute atomic E-state index is 11.7. The third-order valence-electron chi connectivity index (χ3n) is 2.11. The molecule has 0 spiro atoms. The number of ether oxygens (including phenoxy) is 1. The molecule has 6 nitrogen and oxygen atoms in total. The minimum absolute atomic E-state index is 0.314. The van der Waals surface area contributed by atoms with Crippen molar-refractivity contribution in [2.75, 3.05) is 12.3 Å². The van der Waals surface area contributed by atoms with Gasteiger partial charge in [-0.3, -0.25) is 0 Å². The van der Waals surface area contributed by atoms with E-state index in [2.05, 4.69) is 10.1 Å². The van der Waals surface area contributed by atoms with Gasteiger partial charge in [0.15, 0.2) is 5.82 Å². The highest BCUT2D eigenvalue weighted by Gasteiger charge is 2.15. The zero-order chi connectivity index (χ0) is 12.3. The van der Waals surface area contributed by atoms with Gasteiger partial charge in [-0.05, 0) is 19.1 Å². The van der Waals surface area contributed by atoms with Crippen molar-refractivity contribution in [2.45, 2.75) is 6.92 Å². The number of rotatable bonds is 3. The highest BCUT2D eigenvalue weighted by atomic mass is 16.5. The lowest BCUT2D eigenvalue weighted by atomic mass is 10.2. The van der Waals surface area contributed by atoms with Crippen LogP contribution in [0.5, 0.6) is 0 Å². The largest absolute Gasteiger partial charge is 0.462 e. The van der Waals surface area contributed by atoms with Crippen LogP contribution in [0.4, 0.5) is 5.82 Å². The summed E-state index contributed by atoms with van der Waals surface area (Å²) in [6, 6.07) is 4.93. The molecule has 0 radical (unpaired) electrons. The lowest BCUT2D eigenvalue weighted by Crippen LogP contribution is -2.11. The number of anilines is 1. The minimum atomic E-state index is -0.426. The number of nitrogen functional groups attached to an aromatic ring is 1. The topological polar surface area (TPSA) is 83.0 Å². The molecule has 2 N–H and O–H groups in total. The van der Waals surface area contributed by atoms with Crippen LogP contribution in [0, 0.1) is 0 Å². The van der Waals surface area contributed by atoms with Gasteiger partial charge in [-0.25, -0.2) is 14.5 Å². The molecule has 0 atom stereocenters. The maximum Gasteiger partial charge on any atom is 0.341 e. The SMILES string of the molecule is CCOC(=O)c1cccnc1-n1ccc(N)n1. The van der Waals surface area contributed by atoms with E-state index in [9.17, 15) is 4.79 Å². The van der Waals surface area contributed by atoms with Crippen molar-refractivity contribution in [2.24, 2.45) is 0 Å². The second kappa shape index (κ2) is 4.65. The summed E-state index contributed by atoms with van der Waals surface area (Å²) in [5.74, 6) is 0.345. The van der Waals surface area contributed by atoms with Crippen LogP contribution in [-0.2, 0) is 4.74 Å². The minimum Gasteiger partial charge on any atom is -0.462 e. The number of carbonyl (C=O) groups is 1. The first-order chi connectivity index (χ1) is 8.22. The summed E-state index contributed by atoms with van der Waals surface area (Å²) in [6.45, 7) is 2.06. The van der Waals surface area contributed by atoms with Gasteiger partial charge in [-0.15, -0.1) is 5.10 Å². The van der Waals surface area contributed by atoms with Crippen molar-refractivity contribution >= 4 is 11.8 Å². The number of pyridine rings is 1. The second-order valence-electron chi connectivity index (χ2n) is 3.28. The monoisotopic (exact) mass is 232 g/mol. The number of esters is 1. The second-order valence-corrected chi connectivity index (χ2v) is 3.28. The molecule has 2 aromatic rings.